The van der Waals surface area contributed by atoms with E-state index in [0.29, 0.717) is 6.61 Å². The van der Waals surface area contributed by atoms with Gasteiger partial charge in [-0.1, -0.05) is 25.1 Å². The number of para-hydroxylation sites is 1. The van der Waals surface area contributed by atoms with Crippen LogP contribution in [0.3, 0.4) is 0 Å². The molecule has 0 aromatic heterocycles. The second-order valence-electron chi connectivity index (χ2n) is 4.82. The number of ether oxygens (including phenoxy) is 1. The normalized spacial score (nSPS) is 12.8. The Kier molecular flexibility index (Phi) is 6.16. The lowest BCUT2D eigenvalue weighted by atomic mass is 10.0. The summed E-state index contributed by atoms with van der Waals surface area (Å²) in [4.78, 5) is 2.14. The molecule has 0 unspecified atom stereocenters. The van der Waals surface area contributed by atoms with E-state index in [0.717, 1.165) is 24.2 Å². The molecule has 0 fully saturated rings. The third kappa shape index (κ3) is 4.31. The molecular formula is C15H25NO2. The highest BCUT2D eigenvalue weighted by Gasteiger charge is 2.12. The number of nitrogens with zero attached hydrogens (tertiary/aromatic N) is 1. The highest BCUT2D eigenvalue weighted by Crippen LogP contribution is 2.27. The van der Waals surface area contributed by atoms with Crippen LogP contribution in [0.15, 0.2) is 24.3 Å². The predicted octanol–water partition coefficient (Wildman–Crippen LogP) is 2.99. The van der Waals surface area contributed by atoms with E-state index in [1.165, 1.54) is 0 Å². The topological polar surface area (TPSA) is 32.7 Å². The number of likely N-dealkylation sites (N-methyl/N-ethyl adjacent to an activating group) is 1. The van der Waals surface area contributed by atoms with Gasteiger partial charge in [0.05, 0.1) is 18.8 Å². The smallest absolute Gasteiger partial charge is 0.0807 e. The molecule has 18 heavy (non-hydrogen) atoms. The highest BCUT2D eigenvalue weighted by atomic mass is 16.5. The first-order chi connectivity index (χ1) is 8.56. The molecule has 0 spiro atoms. The summed E-state index contributed by atoms with van der Waals surface area (Å²) in [5.74, 6) is 0. The molecule has 1 aromatic rings. The minimum absolute atomic E-state index is 0.259. The first kappa shape index (κ1) is 15.0. The van der Waals surface area contributed by atoms with Gasteiger partial charge in [0.25, 0.3) is 0 Å². The molecule has 0 bridgehead atoms. The van der Waals surface area contributed by atoms with Crippen LogP contribution in [0.5, 0.6) is 0 Å². The van der Waals surface area contributed by atoms with E-state index in [2.05, 4.69) is 4.90 Å². The van der Waals surface area contributed by atoms with Gasteiger partial charge in [0.15, 0.2) is 0 Å². The summed E-state index contributed by atoms with van der Waals surface area (Å²) < 4.78 is 5.56. The summed E-state index contributed by atoms with van der Waals surface area (Å²) in [7, 11) is 2.03. The van der Waals surface area contributed by atoms with Gasteiger partial charge in [0.2, 0.25) is 0 Å². The monoisotopic (exact) mass is 251 g/mol. The van der Waals surface area contributed by atoms with Gasteiger partial charge in [-0.05, 0) is 26.3 Å². The Morgan fingerprint density at radius 2 is 1.94 bits per heavy atom. The van der Waals surface area contributed by atoms with Crippen LogP contribution >= 0.6 is 0 Å². The summed E-state index contributed by atoms with van der Waals surface area (Å²) in [6.07, 6.45) is 0.595. The summed E-state index contributed by atoms with van der Waals surface area (Å²) >= 11 is 0. The third-order valence-corrected chi connectivity index (χ3v) is 2.97. The van der Waals surface area contributed by atoms with Gasteiger partial charge >= 0.3 is 0 Å². The van der Waals surface area contributed by atoms with E-state index < -0.39 is 6.10 Å². The summed E-state index contributed by atoms with van der Waals surface area (Å²) in [6, 6.07) is 8.00. The lowest BCUT2D eigenvalue weighted by Gasteiger charge is -2.24. The van der Waals surface area contributed by atoms with Crippen LogP contribution in [-0.2, 0) is 4.74 Å². The average molecular weight is 251 g/mol. The van der Waals surface area contributed by atoms with Crippen LogP contribution in [0, 0.1) is 0 Å². The fourth-order valence-corrected chi connectivity index (χ4v) is 1.88. The van der Waals surface area contributed by atoms with E-state index in [4.69, 9.17) is 4.74 Å². The first-order valence-corrected chi connectivity index (χ1v) is 6.66. The standard InChI is InChI=1S/C15H25NO2/c1-5-15(17)13-8-6-7-9-14(13)16(4)10-11-18-12(2)3/h6-9,12,15,17H,5,10-11H2,1-4H3/t15-/m1/s1. The summed E-state index contributed by atoms with van der Waals surface area (Å²) in [6.45, 7) is 7.59. The van der Waals surface area contributed by atoms with Gasteiger partial charge in [0.1, 0.15) is 0 Å². The number of hydrogen-bond acceptors (Lipinski definition) is 3. The highest BCUT2D eigenvalue weighted by molar-refractivity contribution is 5.54. The van der Waals surface area contributed by atoms with Gasteiger partial charge in [-0.3, -0.25) is 0 Å². The third-order valence-electron chi connectivity index (χ3n) is 2.97. The van der Waals surface area contributed by atoms with E-state index in [1.807, 2.05) is 52.1 Å². The molecule has 1 rings (SSSR count). The fourth-order valence-electron chi connectivity index (χ4n) is 1.88. The maximum Gasteiger partial charge on any atom is 0.0807 e. The molecule has 0 aliphatic heterocycles. The Labute approximate surface area is 110 Å². The number of benzene rings is 1. The molecule has 0 radical (unpaired) electrons. The Balaban J connectivity index is 2.69. The molecular weight excluding hydrogens is 226 g/mol. The molecule has 0 aliphatic carbocycles. The lowest BCUT2D eigenvalue weighted by molar-refractivity contribution is 0.0845. The molecule has 1 N–H and O–H groups in total. The Morgan fingerprint density at radius 3 is 2.56 bits per heavy atom. The number of anilines is 1. The predicted molar refractivity (Wildman–Crippen MR) is 76.1 cm³/mol. The zero-order valence-electron chi connectivity index (χ0n) is 11.9. The molecule has 102 valence electrons. The van der Waals surface area contributed by atoms with Gasteiger partial charge in [-0.2, -0.15) is 0 Å². The van der Waals surface area contributed by atoms with Gasteiger partial charge in [0, 0.05) is 24.8 Å². The van der Waals surface area contributed by atoms with Crippen LogP contribution in [0.1, 0.15) is 38.9 Å². The van der Waals surface area contributed by atoms with Crippen LogP contribution in [0.2, 0.25) is 0 Å². The van der Waals surface area contributed by atoms with Crippen molar-refractivity contribution in [1.29, 1.82) is 0 Å². The minimum atomic E-state index is -0.394. The largest absolute Gasteiger partial charge is 0.388 e. The molecule has 1 atom stereocenters. The zero-order chi connectivity index (χ0) is 13.5. The van der Waals surface area contributed by atoms with E-state index >= 15 is 0 Å². The van der Waals surface area contributed by atoms with Crippen LogP contribution in [0.25, 0.3) is 0 Å². The van der Waals surface area contributed by atoms with Gasteiger partial charge in [-0.25, -0.2) is 0 Å². The Hall–Kier alpha value is -1.06. The SMILES string of the molecule is CC[C@@H](O)c1ccccc1N(C)CCOC(C)C. The lowest BCUT2D eigenvalue weighted by Crippen LogP contribution is -2.25. The van der Waals surface area contributed by atoms with E-state index in [9.17, 15) is 5.11 Å². The van der Waals surface area contributed by atoms with Crippen molar-refractivity contribution in [2.75, 3.05) is 25.1 Å². The summed E-state index contributed by atoms with van der Waals surface area (Å²) in [5, 5.41) is 10.0. The quantitative estimate of drug-likeness (QED) is 0.808. The van der Waals surface area contributed by atoms with Crippen molar-refractivity contribution >= 4 is 5.69 Å². The van der Waals surface area contributed by atoms with Gasteiger partial charge < -0.3 is 14.7 Å². The molecule has 0 aliphatic rings. The number of aliphatic hydroxyl groups is 1. The van der Waals surface area contributed by atoms with Crippen molar-refractivity contribution in [3.05, 3.63) is 29.8 Å². The van der Waals surface area contributed by atoms with E-state index in [1.54, 1.807) is 0 Å². The molecule has 0 amide bonds. The second kappa shape index (κ2) is 7.39. The van der Waals surface area contributed by atoms with Crippen molar-refractivity contribution in [3.63, 3.8) is 0 Å². The first-order valence-electron chi connectivity index (χ1n) is 6.66. The average Bonchev–Trinajstić information content (AvgIpc) is 2.37. The van der Waals surface area contributed by atoms with E-state index in [-0.39, 0.29) is 6.10 Å². The molecule has 1 aromatic carbocycles. The van der Waals surface area contributed by atoms with Gasteiger partial charge in [-0.15, -0.1) is 0 Å². The fraction of sp³-hybridized carbons (Fsp3) is 0.600. The Morgan fingerprint density at radius 1 is 1.28 bits per heavy atom. The van der Waals surface area contributed by atoms with Crippen LogP contribution in [0.4, 0.5) is 5.69 Å². The number of aliphatic hydroxyl groups excluding tert-OH is 1. The van der Waals surface area contributed by atoms with Crippen molar-refractivity contribution in [1.82, 2.24) is 0 Å². The minimum Gasteiger partial charge on any atom is -0.388 e. The molecule has 3 nitrogen and oxygen atoms in total. The van der Waals surface area contributed by atoms with Crippen LogP contribution in [-0.4, -0.2) is 31.4 Å². The molecule has 3 heteroatoms. The second-order valence-corrected chi connectivity index (χ2v) is 4.82. The van der Waals surface area contributed by atoms with Crippen molar-refractivity contribution in [2.45, 2.75) is 39.4 Å². The van der Waals surface area contributed by atoms with Crippen molar-refractivity contribution < 1.29 is 9.84 Å². The van der Waals surface area contributed by atoms with Crippen LogP contribution < -0.4 is 4.90 Å². The number of rotatable bonds is 7. The maximum atomic E-state index is 10.0. The molecule has 0 heterocycles. The Bertz CT molecular complexity index is 352. The summed E-state index contributed by atoms with van der Waals surface area (Å²) in [5.41, 5.74) is 2.08. The maximum absolute atomic E-state index is 10.0. The number of hydrogen-bond donors (Lipinski definition) is 1. The van der Waals surface area contributed by atoms with Crippen molar-refractivity contribution in [3.8, 4) is 0 Å². The molecule has 0 saturated heterocycles. The molecule has 0 saturated carbocycles. The van der Waals surface area contributed by atoms with Crippen molar-refractivity contribution in [2.24, 2.45) is 0 Å². The zero-order valence-corrected chi connectivity index (χ0v) is 11.9.